The number of carbonyl (C=O) groups excluding carboxylic acids is 3. The fraction of sp³-hybridized carbons (Fsp3) is 0.233. The van der Waals surface area contributed by atoms with Crippen LogP contribution in [0.2, 0.25) is 5.02 Å². The van der Waals surface area contributed by atoms with E-state index in [9.17, 15) is 14.4 Å². The molecule has 2 N–H and O–H groups in total. The van der Waals surface area contributed by atoms with Gasteiger partial charge in [-0.2, -0.15) is 0 Å². The average Bonchev–Trinajstić information content (AvgIpc) is 2.92. The highest BCUT2D eigenvalue weighted by molar-refractivity contribution is 6.32. The second-order valence-electron chi connectivity index (χ2n) is 8.63. The van der Waals surface area contributed by atoms with Gasteiger partial charge in [-0.3, -0.25) is 9.59 Å². The Morgan fingerprint density at radius 1 is 0.868 bits per heavy atom. The number of nitrogens with one attached hydrogen (secondary N) is 2. The second kappa shape index (κ2) is 14.6. The SMILES string of the molecule is C=CCOc1ccc(C[C@H](NC(=O)Cc2ccccc2)C(=O)N[C@@H](Cc2ccccc2)C(=O)OC)cc1Cl. The monoisotopic (exact) mass is 534 g/mol. The molecule has 2 amide bonds. The van der Waals surface area contributed by atoms with Crippen molar-refractivity contribution in [2.75, 3.05) is 13.7 Å². The first-order chi connectivity index (χ1) is 18.4. The van der Waals surface area contributed by atoms with Gasteiger partial charge in [0.25, 0.3) is 0 Å². The Bertz CT molecular complexity index is 1230. The molecule has 0 saturated carbocycles. The molecule has 0 radical (unpaired) electrons. The minimum absolute atomic E-state index is 0.101. The molecule has 0 unspecified atom stereocenters. The summed E-state index contributed by atoms with van der Waals surface area (Å²) in [5, 5.41) is 5.95. The Balaban J connectivity index is 1.80. The van der Waals surface area contributed by atoms with E-state index in [1.807, 2.05) is 60.7 Å². The summed E-state index contributed by atoms with van der Waals surface area (Å²) >= 11 is 6.37. The Hall–Kier alpha value is -4.10. The Morgan fingerprint density at radius 3 is 2.11 bits per heavy atom. The molecule has 0 aliphatic heterocycles. The molecule has 3 aromatic carbocycles. The molecule has 7 nitrogen and oxygen atoms in total. The smallest absolute Gasteiger partial charge is 0.328 e. The van der Waals surface area contributed by atoms with Gasteiger partial charge in [0, 0.05) is 12.8 Å². The third-order valence-electron chi connectivity index (χ3n) is 5.74. The van der Waals surface area contributed by atoms with Crippen LogP contribution in [0.5, 0.6) is 5.75 Å². The molecule has 0 saturated heterocycles. The topological polar surface area (TPSA) is 93.7 Å². The van der Waals surface area contributed by atoms with E-state index in [2.05, 4.69) is 17.2 Å². The summed E-state index contributed by atoms with van der Waals surface area (Å²) in [5.41, 5.74) is 2.38. The lowest BCUT2D eigenvalue weighted by Crippen LogP contribution is -2.53. The van der Waals surface area contributed by atoms with Crippen LogP contribution in [0.3, 0.4) is 0 Å². The summed E-state index contributed by atoms with van der Waals surface area (Å²) < 4.78 is 10.4. The first kappa shape index (κ1) is 28.5. The average molecular weight is 535 g/mol. The fourth-order valence-corrected chi connectivity index (χ4v) is 4.12. The molecular formula is C30H31ClN2O5. The van der Waals surface area contributed by atoms with Crippen molar-refractivity contribution in [3.05, 3.63) is 113 Å². The van der Waals surface area contributed by atoms with Gasteiger partial charge in [0.2, 0.25) is 11.8 Å². The van der Waals surface area contributed by atoms with E-state index in [4.69, 9.17) is 21.1 Å². The summed E-state index contributed by atoms with van der Waals surface area (Å²) in [6, 6.07) is 21.8. The minimum Gasteiger partial charge on any atom is -0.488 e. The number of halogens is 1. The zero-order valence-electron chi connectivity index (χ0n) is 21.2. The maximum atomic E-state index is 13.4. The molecule has 3 aromatic rings. The molecule has 0 fully saturated rings. The van der Waals surface area contributed by atoms with Crippen molar-refractivity contribution in [2.24, 2.45) is 0 Å². The molecule has 0 spiro atoms. The van der Waals surface area contributed by atoms with E-state index in [1.165, 1.54) is 7.11 Å². The Kier molecular flexibility index (Phi) is 10.9. The van der Waals surface area contributed by atoms with Crippen LogP contribution in [0.15, 0.2) is 91.5 Å². The number of amides is 2. The third-order valence-corrected chi connectivity index (χ3v) is 6.03. The molecule has 38 heavy (non-hydrogen) atoms. The van der Waals surface area contributed by atoms with Crippen molar-refractivity contribution < 1.29 is 23.9 Å². The van der Waals surface area contributed by atoms with E-state index < -0.39 is 24.0 Å². The molecule has 0 aliphatic rings. The summed E-state index contributed by atoms with van der Waals surface area (Å²) in [5.74, 6) is -0.937. The molecular weight excluding hydrogens is 504 g/mol. The van der Waals surface area contributed by atoms with E-state index in [1.54, 1.807) is 24.3 Å². The van der Waals surface area contributed by atoms with Crippen molar-refractivity contribution in [2.45, 2.75) is 31.3 Å². The highest BCUT2D eigenvalue weighted by Crippen LogP contribution is 2.26. The number of rotatable bonds is 13. The van der Waals surface area contributed by atoms with Crippen LogP contribution in [0.25, 0.3) is 0 Å². The maximum Gasteiger partial charge on any atom is 0.328 e. The zero-order chi connectivity index (χ0) is 27.3. The van der Waals surface area contributed by atoms with Crippen molar-refractivity contribution in [1.82, 2.24) is 10.6 Å². The minimum atomic E-state index is -0.967. The van der Waals surface area contributed by atoms with Gasteiger partial charge in [-0.05, 0) is 28.8 Å². The van der Waals surface area contributed by atoms with Crippen LogP contribution in [0.1, 0.15) is 16.7 Å². The summed E-state index contributed by atoms with van der Waals surface area (Å²) in [6.45, 7) is 3.92. The van der Waals surface area contributed by atoms with Crippen molar-refractivity contribution in [3.63, 3.8) is 0 Å². The second-order valence-corrected chi connectivity index (χ2v) is 9.03. The number of hydrogen-bond acceptors (Lipinski definition) is 5. The fourth-order valence-electron chi connectivity index (χ4n) is 3.87. The lowest BCUT2D eigenvalue weighted by atomic mass is 10.0. The predicted molar refractivity (Wildman–Crippen MR) is 147 cm³/mol. The van der Waals surface area contributed by atoms with Gasteiger partial charge in [0.05, 0.1) is 18.6 Å². The summed E-state index contributed by atoms with van der Waals surface area (Å²) in [6.07, 6.45) is 2.10. The van der Waals surface area contributed by atoms with Crippen molar-refractivity contribution in [3.8, 4) is 5.75 Å². The number of ether oxygens (including phenoxy) is 2. The van der Waals surface area contributed by atoms with Gasteiger partial charge in [0.1, 0.15) is 24.4 Å². The van der Waals surface area contributed by atoms with Crippen LogP contribution < -0.4 is 15.4 Å². The van der Waals surface area contributed by atoms with Crippen LogP contribution in [-0.4, -0.2) is 43.6 Å². The molecule has 0 aromatic heterocycles. The number of esters is 1. The number of benzene rings is 3. The van der Waals surface area contributed by atoms with Gasteiger partial charge in [-0.25, -0.2) is 4.79 Å². The molecule has 2 atom stereocenters. The number of hydrogen-bond donors (Lipinski definition) is 2. The van der Waals surface area contributed by atoms with Crippen LogP contribution in [0, 0.1) is 0 Å². The maximum absolute atomic E-state index is 13.4. The molecule has 0 heterocycles. The molecule has 3 rings (SSSR count). The predicted octanol–water partition coefficient (Wildman–Crippen LogP) is 4.08. The van der Waals surface area contributed by atoms with Gasteiger partial charge in [-0.1, -0.05) is 91.0 Å². The third kappa shape index (κ3) is 8.78. The van der Waals surface area contributed by atoms with E-state index in [0.717, 1.165) is 11.1 Å². The highest BCUT2D eigenvalue weighted by Gasteiger charge is 2.28. The number of methoxy groups -OCH3 is 1. The van der Waals surface area contributed by atoms with Gasteiger partial charge >= 0.3 is 5.97 Å². The van der Waals surface area contributed by atoms with E-state index in [0.29, 0.717) is 22.9 Å². The van der Waals surface area contributed by atoms with Crippen LogP contribution >= 0.6 is 11.6 Å². The normalized spacial score (nSPS) is 12.1. The first-order valence-corrected chi connectivity index (χ1v) is 12.5. The Morgan fingerprint density at radius 2 is 1.50 bits per heavy atom. The largest absolute Gasteiger partial charge is 0.488 e. The van der Waals surface area contributed by atoms with Crippen LogP contribution in [0.4, 0.5) is 0 Å². The first-order valence-electron chi connectivity index (χ1n) is 12.2. The number of carbonyl (C=O) groups is 3. The highest BCUT2D eigenvalue weighted by atomic mass is 35.5. The molecule has 198 valence electrons. The zero-order valence-corrected chi connectivity index (χ0v) is 21.9. The van der Waals surface area contributed by atoms with Crippen molar-refractivity contribution >= 4 is 29.4 Å². The van der Waals surface area contributed by atoms with Gasteiger partial charge in [0.15, 0.2) is 0 Å². The summed E-state index contributed by atoms with van der Waals surface area (Å²) in [4.78, 5) is 38.8. The van der Waals surface area contributed by atoms with Crippen LogP contribution in [-0.2, 0) is 38.4 Å². The van der Waals surface area contributed by atoms with Crippen molar-refractivity contribution in [1.29, 1.82) is 0 Å². The quantitative estimate of drug-likeness (QED) is 0.255. The van der Waals surface area contributed by atoms with Gasteiger partial charge in [-0.15, -0.1) is 0 Å². The Labute approximate surface area is 227 Å². The molecule has 8 heteroatoms. The van der Waals surface area contributed by atoms with E-state index in [-0.39, 0.29) is 25.2 Å². The van der Waals surface area contributed by atoms with E-state index >= 15 is 0 Å². The lowest BCUT2D eigenvalue weighted by molar-refractivity contribution is -0.145. The lowest BCUT2D eigenvalue weighted by Gasteiger charge is -2.23. The molecule has 0 aliphatic carbocycles. The van der Waals surface area contributed by atoms with Gasteiger partial charge < -0.3 is 20.1 Å². The summed E-state index contributed by atoms with van der Waals surface area (Å²) in [7, 11) is 1.27. The molecule has 0 bridgehead atoms. The standard InChI is InChI=1S/C30H31ClN2O5/c1-3-16-38-27-15-14-23(17-24(27)31)19-25(32-28(34)20-22-12-8-5-9-13-22)29(35)33-26(30(36)37-2)18-21-10-6-4-7-11-21/h3-15,17,25-26H,1,16,18-20H2,2H3,(H,32,34)(H,33,35)/t25-,26-/m0/s1.